The summed E-state index contributed by atoms with van der Waals surface area (Å²) >= 11 is 0. The summed E-state index contributed by atoms with van der Waals surface area (Å²) in [5.41, 5.74) is 5.58. The number of benzene rings is 2. The molecule has 1 aliphatic rings. The van der Waals surface area contributed by atoms with Gasteiger partial charge in [0.25, 0.3) is 0 Å². The fraction of sp³-hybridized carbons (Fsp3) is 0.371. The standard InChI is InChI=1S/C35H43N5O6/c1-38(2)21-27-22-39(25-9-11-28(36-19-25)23-15-30(41-3)34(45-7)31(16-23)42-4)13-14-40(27)26-10-12-29(37-20-26)24-17-32(43-5)35(46-8)33(18-24)44-6/h9-12,15-20,27H,13-14,21-22H2,1-8H3. The third-order valence-electron chi connectivity index (χ3n) is 8.17. The zero-order valence-corrected chi connectivity index (χ0v) is 27.9. The second-order valence-electron chi connectivity index (χ2n) is 11.2. The van der Waals surface area contributed by atoms with E-state index in [2.05, 4.69) is 40.9 Å². The summed E-state index contributed by atoms with van der Waals surface area (Å²) in [6.07, 6.45) is 3.89. The molecule has 244 valence electrons. The van der Waals surface area contributed by atoms with Crippen LogP contribution in [0.5, 0.6) is 34.5 Å². The quantitative estimate of drug-likeness (QED) is 0.209. The SMILES string of the molecule is COc1cc(-c2ccc(N3CCN(c4ccc(-c5cc(OC)c(OC)c(OC)c5)nc4)C(CN(C)C)C3)cn2)cc(OC)c1OC. The normalized spacial score (nSPS) is 14.7. The van der Waals surface area contributed by atoms with Crippen molar-refractivity contribution in [1.29, 1.82) is 0 Å². The number of hydrogen-bond acceptors (Lipinski definition) is 11. The van der Waals surface area contributed by atoms with Crippen LogP contribution >= 0.6 is 0 Å². The average molecular weight is 630 g/mol. The van der Waals surface area contributed by atoms with Gasteiger partial charge < -0.3 is 43.1 Å². The van der Waals surface area contributed by atoms with E-state index < -0.39 is 0 Å². The Bertz CT molecular complexity index is 1560. The molecule has 1 unspecified atom stereocenters. The van der Waals surface area contributed by atoms with Gasteiger partial charge in [0, 0.05) is 37.3 Å². The van der Waals surface area contributed by atoms with Crippen LogP contribution < -0.4 is 38.2 Å². The minimum atomic E-state index is 0.243. The van der Waals surface area contributed by atoms with Crippen molar-refractivity contribution >= 4 is 11.4 Å². The van der Waals surface area contributed by atoms with Gasteiger partial charge in [0.2, 0.25) is 11.5 Å². The molecule has 0 aliphatic carbocycles. The maximum atomic E-state index is 5.54. The highest BCUT2D eigenvalue weighted by Gasteiger charge is 2.29. The van der Waals surface area contributed by atoms with Gasteiger partial charge in [-0.1, -0.05) is 0 Å². The van der Waals surface area contributed by atoms with Gasteiger partial charge in [-0.05, 0) is 62.6 Å². The zero-order valence-electron chi connectivity index (χ0n) is 27.9. The first kappa shape index (κ1) is 32.5. The van der Waals surface area contributed by atoms with E-state index in [4.69, 9.17) is 38.4 Å². The molecule has 2 aromatic carbocycles. The van der Waals surface area contributed by atoms with Crippen molar-refractivity contribution in [3.8, 4) is 57.0 Å². The van der Waals surface area contributed by atoms with Crippen LogP contribution in [0.2, 0.25) is 0 Å². The lowest BCUT2D eigenvalue weighted by atomic mass is 10.1. The molecular weight excluding hydrogens is 586 g/mol. The highest BCUT2D eigenvalue weighted by molar-refractivity contribution is 5.71. The van der Waals surface area contributed by atoms with Crippen LogP contribution in [0.3, 0.4) is 0 Å². The second kappa shape index (κ2) is 14.5. The van der Waals surface area contributed by atoms with Gasteiger partial charge in [-0.3, -0.25) is 9.97 Å². The van der Waals surface area contributed by atoms with Crippen LogP contribution in [0.4, 0.5) is 11.4 Å². The molecule has 4 aromatic rings. The molecule has 1 saturated heterocycles. The summed E-state index contributed by atoms with van der Waals surface area (Å²) in [7, 11) is 13.9. The van der Waals surface area contributed by atoms with E-state index in [-0.39, 0.29) is 6.04 Å². The van der Waals surface area contributed by atoms with Gasteiger partial charge in [0.15, 0.2) is 23.0 Å². The number of pyridine rings is 2. The Morgan fingerprint density at radius 2 is 1.09 bits per heavy atom. The van der Waals surface area contributed by atoms with Crippen LogP contribution in [0.1, 0.15) is 0 Å². The predicted octanol–water partition coefficient (Wildman–Crippen LogP) is 5.12. The van der Waals surface area contributed by atoms with Gasteiger partial charge >= 0.3 is 0 Å². The van der Waals surface area contributed by atoms with E-state index >= 15 is 0 Å². The lowest BCUT2D eigenvalue weighted by molar-refractivity contribution is 0.324. The summed E-state index contributed by atoms with van der Waals surface area (Å²) in [5.74, 6) is 3.49. The maximum Gasteiger partial charge on any atom is 0.203 e. The molecule has 11 heteroatoms. The summed E-state index contributed by atoms with van der Waals surface area (Å²) in [6, 6.07) is 16.2. The number of methoxy groups -OCH3 is 6. The van der Waals surface area contributed by atoms with Gasteiger partial charge in [-0.25, -0.2) is 0 Å². The average Bonchev–Trinajstić information content (AvgIpc) is 3.10. The summed E-state index contributed by atoms with van der Waals surface area (Å²) in [5, 5.41) is 0. The number of anilines is 2. The van der Waals surface area contributed by atoms with E-state index in [1.54, 1.807) is 42.7 Å². The Labute approximate surface area is 271 Å². The van der Waals surface area contributed by atoms with Crippen molar-refractivity contribution in [2.75, 3.05) is 92.7 Å². The Morgan fingerprint density at radius 1 is 0.630 bits per heavy atom. The molecule has 11 nitrogen and oxygen atoms in total. The molecule has 5 rings (SSSR count). The number of rotatable bonds is 12. The van der Waals surface area contributed by atoms with Crippen molar-refractivity contribution in [3.05, 3.63) is 60.9 Å². The van der Waals surface area contributed by atoms with Gasteiger partial charge in [0.1, 0.15) is 0 Å². The van der Waals surface area contributed by atoms with E-state index in [9.17, 15) is 0 Å². The van der Waals surface area contributed by atoms with Crippen molar-refractivity contribution in [2.24, 2.45) is 0 Å². The first-order valence-corrected chi connectivity index (χ1v) is 15.0. The van der Waals surface area contributed by atoms with Crippen molar-refractivity contribution in [3.63, 3.8) is 0 Å². The van der Waals surface area contributed by atoms with Crippen LogP contribution in [-0.4, -0.2) is 104 Å². The molecule has 2 aromatic heterocycles. The summed E-state index contributed by atoms with van der Waals surface area (Å²) < 4.78 is 33.1. The largest absolute Gasteiger partial charge is 0.493 e. The first-order chi connectivity index (χ1) is 22.3. The molecular formula is C35H43N5O6. The number of nitrogens with zero attached hydrogens (tertiary/aromatic N) is 5. The molecule has 0 spiro atoms. The fourth-order valence-corrected chi connectivity index (χ4v) is 5.94. The van der Waals surface area contributed by atoms with Crippen molar-refractivity contribution in [2.45, 2.75) is 6.04 Å². The molecule has 1 fully saturated rings. The predicted molar refractivity (Wildman–Crippen MR) is 181 cm³/mol. The zero-order chi connectivity index (χ0) is 32.8. The molecule has 0 saturated carbocycles. The van der Waals surface area contributed by atoms with E-state index in [1.165, 1.54) is 0 Å². The van der Waals surface area contributed by atoms with Crippen LogP contribution in [-0.2, 0) is 0 Å². The van der Waals surface area contributed by atoms with E-state index in [1.807, 2.05) is 48.8 Å². The summed E-state index contributed by atoms with van der Waals surface area (Å²) in [4.78, 5) is 16.7. The highest BCUT2D eigenvalue weighted by Crippen LogP contribution is 2.42. The van der Waals surface area contributed by atoms with Gasteiger partial charge in [0.05, 0.1) is 83.9 Å². The van der Waals surface area contributed by atoms with E-state index in [0.717, 1.165) is 60.1 Å². The first-order valence-electron chi connectivity index (χ1n) is 15.0. The smallest absolute Gasteiger partial charge is 0.203 e. The van der Waals surface area contributed by atoms with Crippen LogP contribution in [0, 0.1) is 0 Å². The molecule has 0 N–H and O–H groups in total. The Balaban J connectivity index is 1.35. The summed E-state index contributed by atoms with van der Waals surface area (Å²) in [6.45, 7) is 3.43. The monoisotopic (exact) mass is 629 g/mol. The number of hydrogen-bond donors (Lipinski definition) is 0. The molecule has 0 bridgehead atoms. The minimum absolute atomic E-state index is 0.243. The van der Waals surface area contributed by atoms with Crippen LogP contribution in [0.15, 0.2) is 60.9 Å². The molecule has 0 amide bonds. The lowest BCUT2D eigenvalue weighted by Gasteiger charge is -2.44. The number of aromatic nitrogens is 2. The number of piperazine rings is 1. The Hall–Kier alpha value is -4.90. The number of ether oxygens (including phenoxy) is 6. The Morgan fingerprint density at radius 3 is 1.46 bits per heavy atom. The van der Waals surface area contributed by atoms with Gasteiger partial charge in [-0.2, -0.15) is 0 Å². The van der Waals surface area contributed by atoms with Crippen LogP contribution in [0.25, 0.3) is 22.5 Å². The maximum absolute atomic E-state index is 5.54. The molecule has 1 aliphatic heterocycles. The van der Waals surface area contributed by atoms with Crippen molar-refractivity contribution < 1.29 is 28.4 Å². The third-order valence-corrected chi connectivity index (χ3v) is 8.17. The van der Waals surface area contributed by atoms with E-state index in [0.29, 0.717) is 34.5 Å². The van der Waals surface area contributed by atoms with Gasteiger partial charge in [-0.15, -0.1) is 0 Å². The van der Waals surface area contributed by atoms with Crippen molar-refractivity contribution in [1.82, 2.24) is 14.9 Å². The lowest BCUT2D eigenvalue weighted by Crippen LogP contribution is -2.56. The Kier molecular flexibility index (Phi) is 10.2. The molecule has 46 heavy (non-hydrogen) atoms. The molecule has 1 atom stereocenters. The fourth-order valence-electron chi connectivity index (χ4n) is 5.94. The molecule has 0 radical (unpaired) electrons. The second-order valence-corrected chi connectivity index (χ2v) is 11.2. The minimum Gasteiger partial charge on any atom is -0.493 e. The molecule has 3 heterocycles. The third kappa shape index (κ3) is 6.69. The number of likely N-dealkylation sites (N-methyl/N-ethyl adjacent to an activating group) is 1. The highest BCUT2D eigenvalue weighted by atomic mass is 16.5. The topological polar surface area (TPSA) is 90.9 Å².